The molecule has 1 atom stereocenters. The molecule has 0 saturated carbocycles. The van der Waals surface area contributed by atoms with Crippen LogP contribution >= 0.6 is 11.3 Å². The summed E-state index contributed by atoms with van der Waals surface area (Å²) >= 11 is 1.53. The highest BCUT2D eigenvalue weighted by Gasteiger charge is 2.33. The number of sulfonamides is 1. The van der Waals surface area contributed by atoms with E-state index in [0.29, 0.717) is 29.8 Å². The second-order valence-electron chi connectivity index (χ2n) is 10.5. The van der Waals surface area contributed by atoms with E-state index in [2.05, 4.69) is 10.8 Å². The van der Waals surface area contributed by atoms with Gasteiger partial charge in [-0.15, -0.1) is 11.3 Å². The van der Waals surface area contributed by atoms with Gasteiger partial charge in [0.15, 0.2) is 0 Å². The Kier molecular flexibility index (Phi) is 7.95. The molecule has 1 saturated heterocycles. The van der Waals surface area contributed by atoms with Crippen molar-refractivity contribution < 1.29 is 18.0 Å². The first-order valence-corrected chi connectivity index (χ1v) is 16.2. The van der Waals surface area contributed by atoms with Gasteiger partial charge in [0.05, 0.1) is 22.1 Å². The van der Waals surface area contributed by atoms with Crippen molar-refractivity contribution in [2.24, 2.45) is 0 Å². The summed E-state index contributed by atoms with van der Waals surface area (Å²) in [5.41, 5.74) is 1.74. The third-order valence-corrected chi connectivity index (χ3v) is 10.1. The van der Waals surface area contributed by atoms with Crippen LogP contribution in [0.15, 0.2) is 101 Å². The number of amides is 2. The number of thiophene rings is 1. The van der Waals surface area contributed by atoms with E-state index in [1.54, 1.807) is 46.2 Å². The fourth-order valence-electron chi connectivity index (χ4n) is 5.44. The zero-order valence-electron chi connectivity index (χ0n) is 23.1. The summed E-state index contributed by atoms with van der Waals surface area (Å²) in [4.78, 5) is 30.6. The van der Waals surface area contributed by atoms with Crippen LogP contribution < -0.4 is 4.72 Å². The largest absolute Gasteiger partial charge is 0.338 e. The van der Waals surface area contributed by atoms with Gasteiger partial charge in [-0.05, 0) is 53.1 Å². The number of nitrogens with zero attached hydrogens (tertiary/aromatic N) is 3. The Morgan fingerprint density at radius 1 is 0.860 bits per heavy atom. The molecule has 2 amide bonds. The molecular formula is C33H28N4O4S2. The molecule has 1 aliphatic heterocycles. The van der Waals surface area contributed by atoms with Crippen LogP contribution in [0, 0.1) is 11.3 Å². The number of rotatable bonds is 7. The van der Waals surface area contributed by atoms with E-state index in [-0.39, 0.29) is 36.2 Å². The van der Waals surface area contributed by atoms with Crippen molar-refractivity contribution in [3.05, 3.63) is 113 Å². The third-order valence-electron chi connectivity index (χ3n) is 7.71. The van der Waals surface area contributed by atoms with Gasteiger partial charge >= 0.3 is 0 Å². The van der Waals surface area contributed by atoms with Crippen molar-refractivity contribution in [2.45, 2.75) is 17.4 Å². The summed E-state index contributed by atoms with van der Waals surface area (Å²) in [7, 11) is -4.07. The molecule has 0 bridgehead atoms. The van der Waals surface area contributed by atoms with Gasteiger partial charge in [-0.1, -0.05) is 60.7 Å². The maximum Gasteiger partial charge on any atom is 0.255 e. The van der Waals surface area contributed by atoms with E-state index in [9.17, 15) is 23.3 Å². The molecule has 4 aromatic carbocycles. The van der Waals surface area contributed by atoms with Gasteiger partial charge in [0.25, 0.3) is 5.91 Å². The van der Waals surface area contributed by atoms with Crippen LogP contribution in [0.5, 0.6) is 0 Å². The van der Waals surface area contributed by atoms with Gasteiger partial charge in [0, 0.05) is 41.6 Å². The Balaban J connectivity index is 1.22. The molecule has 0 radical (unpaired) electrons. The molecule has 10 heteroatoms. The number of piperazine rings is 1. The molecule has 0 spiro atoms. The molecule has 1 unspecified atom stereocenters. The summed E-state index contributed by atoms with van der Waals surface area (Å²) in [5, 5.41) is 13.8. The Morgan fingerprint density at radius 3 is 2.37 bits per heavy atom. The van der Waals surface area contributed by atoms with Crippen LogP contribution in [-0.4, -0.2) is 62.3 Å². The average Bonchev–Trinajstić information content (AvgIpc) is 3.48. The molecule has 1 fully saturated rings. The van der Waals surface area contributed by atoms with Gasteiger partial charge < -0.3 is 9.80 Å². The second kappa shape index (κ2) is 12.0. The fourth-order valence-corrected chi connectivity index (χ4v) is 7.60. The number of nitriles is 1. The van der Waals surface area contributed by atoms with Gasteiger partial charge in [0.2, 0.25) is 15.9 Å². The number of nitrogens with one attached hydrogen (secondary N) is 1. The normalized spacial score (nSPS) is 14.5. The highest BCUT2D eigenvalue weighted by molar-refractivity contribution is 7.89. The monoisotopic (exact) mass is 608 g/mol. The van der Waals surface area contributed by atoms with Gasteiger partial charge in [-0.25, -0.2) is 8.42 Å². The fraction of sp³-hybridized carbons (Fsp3) is 0.182. The zero-order chi connectivity index (χ0) is 30.0. The minimum absolute atomic E-state index is 0.0631. The van der Waals surface area contributed by atoms with Crippen LogP contribution in [0.3, 0.4) is 0 Å². The Hall–Kier alpha value is -4.56. The van der Waals surface area contributed by atoms with Crippen molar-refractivity contribution in [1.82, 2.24) is 14.5 Å². The molecule has 1 N–H and O–H groups in total. The molecule has 43 heavy (non-hydrogen) atoms. The van der Waals surface area contributed by atoms with E-state index in [1.165, 1.54) is 17.4 Å². The summed E-state index contributed by atoms with van der Waals surface area (Å²) < 4.78 is 30.9. The molecule has 8 nitrogen and oxygen atoms in total. The highest BCUT2D eigenvalue weighted by atomic mass is 32.2. The minimum atomic E-state index is -4.07. The Morgan fingerprint density at radius 2 is 1.58 bits per heavy atom. The molecule has 1 aromatic heterocycles. The van der Waals surface area contributed by atoms with E-state index in [4.69, 9.17) is 0 Å². The summed E-state index contributed by atoms with van der Waals surface area (Å²) in [6, 6.07) is 27.9. The van der Waals surface area contributed by atoms with E-state index in [0.717, 1.165) is 20.9 Å². The molecule has 5 aromatic rings. The van der Waals surface area contributed by atoms with E-state index < -0.39 is 16.1 Å². The minimum Gasteiger partial charge on any atom is -0.338 e. The molecular weight excluding hydrogens is 581 g/mol. The summed E-state index contributed by atoms with van der Waals surface area (Å²) in [6.45, 7) is 1.23. The van der Waals surface area contributed by atoms with Crippen LogP contribution in [0.2, 0.25) is 0 Å². The van der Waals surface area contributed by atoms with Crippen molar-refractivity contribution in [3.63, 3.8) is 0 Å². The Labute approximate surface area is 253 Å². The zero-order valence-corrected chi connectivity index (χ0v) is 24.8. The first-order chi connectivity index (χ1) is 20.8. The maximum absolute atomic E-state index is 13.9. The quantitative estimate of drug-likeness (QED) is 0.286. The predicted molar refractivity (Wildman–Crippen MR) is 167 cm³/mol. The SMILES string of the molecule is N#Cc1cccc(CC(NS(=O)(=O)c2ccc3ccccc3c2)C(=O)N2CCN(C(=O)c3csc4ccccc34)CC2)c1. The van der Waals surface area contributed by atoms with Crippen molar-refractivity contribution in [3.8, 4) is 6.07 Å². The number of hydrogen-bond donors (Lipinski definition) is 1. The molecule has 6 rings (SSSR count). The maximum atomic E-state index is 13.9. The van der Waals surface area contributed by atoms with Crippen LogP contribution in [0.25, 0.3) is 20.9 Å². The third kappa shape index (κ3) is 6.01. The lowest BCUT2D eigenvalue weighted by Gasteiger charge is -2.36. The Bertz CT molecular complexity index is 1990. The van der Waals surface area contributed by atoms with Gasteiger partial charge in [-0.3, -0.25) is 9.59 Å². The number of carbonyl (C=O) groups excluding carboxylic acids is 2. The highest BCUT2D eigenvalue weighted by Crippen LogP contribution is 2.27. The lowest BCUT2D eigenvalue weighted by Crippen LogP contribution is -2.56. The van der Waals surface area contributed by atoms with Crippen molar-refractivity contribution in [2.75, 3.05) is 26.2 Å². The van der Waals surface area contributed by atoms with Crippen molar-refractivity contribution >= 4 is 54.0 Å². The molecule has 2 heterocycles. The predicted octanol–water partition coefficient (Wildman–Crippen LogP) is 4.80. The lowest BCUT2D eigenvalue weighted by atomic mass is 10.0. The number of hydrogen-bond acceptors (Lipinski definition) is 6. The summed E-state index contributed by atoms with van der Waals surface area (Å²) in [5.74, 6) is -0.453. The summed E-state index contributed by atoms with van der Waals surface area (Å²) in [6.07, 6.45) is 0.0706. The number of carbonyl (C=O) groups is 2. The number of fused-ring (bicyclic) bond motifs is 2. The lowest BCUT2D eigenvalue weighted by molar-refractivity contribution is -0.134. The van der Waals surface area contributed by atoms with Gasteiger partial charge in [0.1, 0.15) is 6.04 Å². The molecule has 0 aliphatic carbocycles. The average molecular weight is 609 g/mol. The smallest absolute Gasteiger partial charge is 0.255 e. The first kappa shape index (κ1) is 28.6. The van der Waals surface area contributed by atoms with Gasteiger partial charge in [-0.2, -0.15) is 9.98 Å². The topological polar surface area (TPSA) is 111 Å². The molecule has 216 valence electrons. The number of benzene rings is 4. The standard InChI is InChI=1S/C33H28N4O4S2/c34-21-24-7-5-6-23(18-24)19-30(35-43(40,41)27-13-12-25-8-1-2-9-26(25)20-27)33(39)37-16-14-36(15-17-37)32(38)29-22-42-31-11-4-3-10-28(29)31/h1-13,18,20,22,30,35H,14-17,19H2. The second-order valence-corrected chi connectivity index (χ2v) is 13.1. The molecule has 1 aliphatic rings. The van der Waals surface area contributed by atoms with Crippen molar-refractivity contribution in [1.29, 1.82) is 5.26 Å². The first-order valence-electron chi connectivity index (χ1n) is 13.9. The van der Waals surface area contributed by atoms with Crippen LogP contribution in [0.4, 0.5) is 0 Å². The van der Waals surface area contributed by atoms with E-state index in [1.807, 2.05) is 53.9 Å². The van der Waals surface area contributed by atoms with Crippen LogP contribution in [0.1, 0.15) is 21.5 Å². The van der Waals surface area contributed by atoms with Crippen LogP contribution in [-0.2, 0) is 21.2 Å². The van der Waals surface area contributed by atoms with E-state index >= 15 is 0 Å².